The molecule has 0 aliphatic heterocycles. The van der Waals surface area contributed by atoms with Crippen molar-refractivity contribution >= 4 is 19.8 Å². The van der Waals surface area contributed by atoms with E-state index in [1.165, 1.54) is 379 Å². The number of esters is 2. The van der Waals surface area contributed by atoms with Crippen LogP contribution in [0.4, 0.5) is 0 Å². The Hall–Kier alpha value is -1.25. The predicted molar refractivity (Wildman–Crippen MR) is 393 cm³/mol. The quantitative estimate of drug-likeness (QED) is 0.0195. The minimum absolute atomic E-state index is 0.0259. The summed E-state index contributed by atoms with van der Waals surface area (Å²) < 4.78 is 34.4. The van der Waals surface area contributed by atoms with E-state index in [0.29, 0.717) is 17.4 Å². The van der Waals surface area contributed by atoms with Gasteiger partial charge in [-0.2, -0.15) is 0 Å². The molecule has 0 amide bonds. The monoisotopic (exact) mass is 1310 g/mol. The molecular formula is C81H160NO8P. The summed E-state index contributed by atoms with van der Waals surface area (Å²) in [6.45, 7) is 4.34. The Morgan fingerprint density at radius 2 is 0.560 bits per heavy atom. The highest BCUT2D eigenvalue weighted by molar-refractivity contribution is 7.45. The van der Waals surface area contributed by atoms with Crippen molar-refractivity contribution in [3.8, 4) is 0 Å². The van der Waals surface area contributed by atoms with E-state index in [0.717, 1.165) is 32.1 Å². The van der Waals surface area contributed by atoms with E-state index >= 15 is 0 Å². The molecule has 0 aliphatic rings. The fourth-order valence-electron chi connectivity index (χ4n) is 12.8. The van der Waals surface area contributed by atoms with E-state index in [2.05, 4.69) is 26.0 Å². The first-order chi connectivity index (χ1) is 44.5. The van der Waals surface area contributed by atoms with Gasteiger partial charge in [0.1, 0.15) is 19.8 Å². The number of quaternary nitrogens is 1. The molecule has 0 saturated heterocycles. The number of phosphoric acid groups is 1. The normalized spacial score (nSPS) is 13.0. The lowest BCUT2D eigenvalue weighted by Gasteiger charge is -2.28. The summed E-state index contributed by atoms with van der Waals surface area (Å²) in [5, 5.41) is 0. The topological polar surface area (TPSA) is 111 Å². The van der Waals surface area contributed by atoms with Crippen LogP contribution < -0.4 is 4.89 Å². The van der Waals surface area contributed by atoms with Gasteiger partial charge in [-0.05, 0) is 38.5 Å². The number of carbonyl (C=O) groups excluding carboxylic acids is 2. The second-order valence-electron chi connectivity index (χ2n) is 29.5. The first-order valence-electron chi connectivity index (χ1n) is 40.9. The number of carbonyl (C=O) groups is 2. The Balaban J connectivity index is 3.87. The average Bonchev–Trinajstić information content (AvgIpc) is 3.74. The zero-order valence-electron chi connectivity index (χ0n) is 62.1. The fraction of sp³-hybridized carbons (Fsp3) is 0.951. The van der Waals surface area contributed by atoms with Crippen LogP contribution >= 0.6 is 7.82 Å². The third kappa shape index (κ3) is 77.6. The summed E-state index contributed by atoms with van der Waals surface area (Å²) >= 11 is 0. The molecule has 0 spiro atoms. The number of phosphoric ester groups is 1. The van der Waals surface area contributed by atoms with Crippen LogP contribution in [0.1, 0.15) is 444 Å². The lowest BCUT2D eigenvalue weighted by molar-refractivity contribution is -0.870. The van der Waals surface area contributed by atoms with Gasteiger partial charge in [-0.1, -0.05) is 405 Å². The SMILES string of the molecule is CCCCCCCCCC/C=C\CCCCCCCCCCCCCCCCCCCC(=O)OC(COC(=O)CCCCCCCCCCCCCCCCCCCCCCCCCCCCCCCCCCCCCCCC)COP(=O)([O-])OCC[N+](C)(C)C. The van der Waals surface area contributed by atoms with Crippen LogP contribution in [0, 0.1) is 0 Å². The summed E-state index contributed by atoms with van der Waals surface area (Å²) in [6, 6.07) is 0. The summed E-state index contributed by atoms with van der Waals surface area (Å²) in [4.78, 5) is 38.2. The smallest absolute Gasteiger partial charge is 0.306 e. The van der Waals surface area contributed by atoms with Crippen molar-refractivity contribution < 1.29 is 42.1 Å². The minimum atomic E-state index is -4.64. The van der Waals surface area contributed by atoms with Crippen LogP contribution in [0.25, 0.3) is 0 Å². The third-order valence-electron chi connectivity index (χ3n) is 19.0. The van der Waals surface area contributed by atoms with Crippen molar-refractivity contribution in [2.45, 2.75) is 450 Å². The molecule has 2 unspecified atom stereocenters. The van der Waals surface area contributed by atoms with Gasteiger partial charge in [-0.15, -0.1) is 0 Å². The molecule has 0 fully saturated rings. The summed E-state index contributed by atoms with van der Waals surface area (Å²) in [6.07, 6.45) is 92.1. The third-order valence-corrected chi connectivity index (χ3v) is 20.0. The van der Waals surface area contributed by atoms with Gasteiger partial charge in [0.2, 0.25) is 0 Å². The van der Waals surface area contributed by atoms with Crippen molar-refractivity contribution in [3.63, 3.8) is 0 Å². The highest BCUT2D eigenvalue weighted by Crippen LogP contribution is 2.38. The van der Waals surface area contributed by atoms with Crippen molar-refractivity contribution in [2.24, 2.45) is 0 Å². The van der Waals surface area contributed by atoms with Gasteiger partial charge < -0.3 is 27.9 Å². The maximum atomic E-state index is 12.9. The lowest BCUT2D eigenvalue weighted by atomic mass is 10.0. The van der Waals surface area contributed by atoms with Gasteiger partial charge in [0.05, 0.1) is 27.7 Å². The van der Waals surface area contributed by atoms with Gasteiger partial charge in [0, 0.05) is 12.8 Å². The van der Waals surface area contributed by atoms with Gasteiger partial charge in [0.15, 0.2) is 6.10 Å². The molecule has 2 atom stereocenters. The van der Waals surface area contributed by atoms with Gasteiger partial charge in [-0.25, -0.2) is 0 Å². The molecule has 0 heterocycles. The predicted octanol–water partition coefficient (Wildman–Crippen LogP) is 26.4. The van der Waals surface area contributed by atoms with E-state index in [1.807, 2.05) is 21.1 Å². The molecule has 0 N–H and O–H groups in total. The minimum Gasteiger partial charge on any atom is -0.756 e. The molecule has 91 heavy (non-hydrogen) atoms. The van der Waals surface area contributed by atoms with Crippen molar-refractivity contribution in [1.82, 2.24) is 0 Å². The number of unbranched alkanes of at least 4 members (excludes halogenated alkanes) is 62. The number of likely N-dealkylation sites (N-methyl/N-ethyl adjacent to an activating group) is 1. The molecular weight excluding hydrogens is 1150 g/mol. The lowest BCUT2D eigenvalue weighted by Crippen LogP contribution is -2.37. The zero-order chi connectivity index (χ0) is 66.2. The summed E-state index contributed by atoms with van der Waals surface area (Å²) in [5.74, 6) is -0.803. The Kier molecular flexibility index (Phi) is 72.0. The number of hydrogen-bond donors (Lipinski definition) is 0. The largest absolute Gasteiger partial charge is 0.756 e. The van der Waals surface area contributed by atoms with Crippen LogP contribution in [0.5, 0.6) is 0 Å². The van der Waals surface area contributed by atoms with Crippen LogP contribution in [-0.4, -0.2) is 70.0 Å². The van der Waals surface area contributed by atoms with Crippen molar-refractivity contribution in [1.29, 1.82) is 0 Å². The molecule has 0 aromatic heterocycles. The first kappa shape index (κ1) is 89.8. The number of nitrogens with zero attached hydrogens (tertiary/aromatic N) is 1. The zero-order valence-corrected chi connectivity index (χ0v) is 63.0. The van der Waals surface area contributed by atoms with Crippen LogP contribution in [0.3, 0.4) is 0 Å². The molecule has 0 aliphatic carbocycles. The molecule has 0 radical (unpaired) electrons. The van der Waals surface area contributed by atoms with Crippen LogP contribution in [0.15, 0.2) is 12.2 Å². The summed E-state index contributed by atoms with van der Waals surface area (Å²) in [7, 11) is 1.20. The van der Waals surface area contributed by atoms with E-state index in [1.54, 1.807) is 0 Å². The molecule has 0 bridgehead atoms. The molecule has 0 saturated carbocycles. The second-order valence-corrected chi connectivity index (χ2v) is 30.9. The van der Waals surface area contributed by atoms with E-state index in [4.69, 9.17) is 18.5 Å². The first-order valence-corrected chi connectivity index (χ1v) is 42.4. The fourth-order valence-corrected chi connectivity index (χ4v) is 13.5. The Morgan fingerprint density at radius 3 is 0.813 bits per heavy atom. The van der Waals surface area contributed by atoms with Crippen LogP contribution in [-0.2, 0) is 32.7 Å². The van der Waals surface area contributed by atoms with Crippen molar-refractivity contribution in [3.05, 3.63) is 12.2 Å². The maximum absolute atomic E-state index is 12.9. The van der Waals surface area contributed by atoms with E-state index in [-0.39, 0.29) is 32.0 Å². The molecule has 10 heteroatoms. The number of allylic oxidation sites excluding steroid dienone is 2. The number of rotatable bonds is 78. The average molecular weight is 1310 g/mol. The maximum Gasteiger partial charge on any atom is 0.306 e. The van der Waals surface area contributed by atoms with Crippen molar-refractivity contribution in [2.75, 3.05) is 47.5 Å². The highest BCUT2D eigenvalue weighted by Gasteiger charge is 2.22. The van der Waals surface area contributed by atoms with E-state index in [9.17, 15) is 19.0 Å². The van der Waals surface area contributed by atoms with E-state index < -0.39 is 26.5 Å². The number of ether oxygens (including phenoxy) is 2. The molecule has 0 aromatic rings. The Bertz CT molecular complexity index is 1540. The van der Waals surface area contributed by atoms with Gasteiger partial charge in [0.25, 0.3) is 7.82 Å². The standard InChI is InChI=1S/C81H160NO8P/c1-6-8-10-12-14-16-18-20-22-24-26-28-30-32-34-36-37-38-39-40-41-42-43-44-46-47-49-51-53-55-57-59-61-63-65-67-69-71-73-80(83)87-77-79(78-89-91(85,86)88-76-75-82(3,4)5)90-81(84)74-72-70-68-66-64-62-60-58-56-54-52-50-48-45-35-33-31-29-27-25-23-21-19-17-15-13-11-9-7-2/h25,27,79H,6-24,26,28-78H2,1-5H3/b27-25-. The number of hydrogen-bond acceptors (Lipinski definition) is 8. The Labute approximate surface area is 568 Å². The molecule has 0 aromatic carbocycles. The Morgan fingerprint density at radius 1 is 0.330 bits per heavy atom. The second kappa shape index (κ2) is 73.0. The van der Waals surface area contributed by atoms with Crippen LogP contribution in [0.2, 0.25) is 0 Å². The highest BCUT2D eigenvalue weighted by atomic mass is 31.2. The van der Waals surface area contributed by atoms with Gasteiger partial charge >= 0.3 is 11.9 Å². The van der Waals surface area contributed by atoms with Gasteiger partial charge in [-0.3, -0.25) is 14.2 Å². The summed E-state index contributed by atoms with van der Waals surface area (Å²) in [5.41, 5.74) is 0. The molecule has 0 rings (SSSR count). The molecule has 9 nitrogen and oxygen atoms in total. The molecule has 542 valence electrons.